The van der Waals surface area contributed by atoms with Gasteiger partial charge >= 0.3 is 0 Å². The Morgan fingerprint density at radius 2 is 1.62 bits per heavy atom. The predicted octanol–water partition coefficient (Wildman–Crippen LogP) is 5.48. The Hall–Kier alpha value is -0.480. The minimum Gasteiger partial charge on any atom is -0.375 e. The predicted molar refractivity (Wildman–Crippen MR) is 87.7 cm³/mol. The van der Waals surface area contributed by atoms with E-state index in [1.165, 1.54) is 22.3 Å². The molecule has 21 heavy (non-hydrogen) atoms. The molecule has 0 aliphatic heterocycles. The van der Waals surface area contributed by atoms with Gasteiger partial charge in [0.2, 0.25) is 0 Å². The minimum atomic E-state index is -2.39. The number of aryl methyl sites for hydroxylation is 3. The van der Waals surface area contributed by atoms with Crippen LogP contribution in [-0.4, -0.2) is 19.6 Å². The van der Waals surface area contributed by atoms with Crippen LogP contribution in [0.4, 0.5) is 8.78 Å². The molecule has 0 spiro atoms. The Morgan fingerprint density at radius 3 is 2.05 bits per heavy atom. The third-order valence-electron chi connectivity index (χ3n) is 3.65. The zero-order valence-corrected chi connectivity index (χ0v) is 14.7. The smallest absolute Gasteiger partial charge is 0.261 e. The largest absolute Gasteiger partial charge is 0.375 e. The first-order chi connectivity index (χ1) is 10.0. The zero-order chi connectivity index (χ0) is 15.8. The lowest BCUT2D eigenvalue weighted by atomic mass is 9.91. The molecule has 0 N–H and O–H groups in total. The van der Waals surface area contributed by atoms with Crippen LogP contribution in [0.2, 0.25) is 0 Å². The highest BCUT2D eigenvalue weighted by Gasteiger charge is 2.16. The average molecular weight is 363 g/mol. The molecule has 0 aliphatic rings. The van der Waals surface area contributed by atoms with E-state index in [1.807, 2.05) is 0 Å². The molecule has 1 aromatic carbocycles. The highest BCUT2D eigenvalue weighted by Crippen LogP contribution is 2.34. The molecule has 120 valence electrons. The fourth-order valence-corrected chi connectivity index (χ4v) is 3.32. The van der Waals surface area contributed by atoms with Crippen LogP contribution >= 0.6 is 15.9 Å². The highest BCUT2D eigenvalue weighted by atomic mass is 79.9. The van der Waals surface area contributed by atoms with Crippen molar-refractivity contribution in [3.8, 4) is 0 Å². The van der Waals surface area contributed by atoms with E-state index in [9.17, 15) is 8.78 Å². The lowest BCUT2D eigenvalue weighted by Gasteiger charge is -2.20. The first-order valence-corrected chi connectivity index (χ1v) is 8.59. The van der Waals surface area contributed by atoms with Gasteiger partial charge < -0.3 is 4.74 Å². The molecular formula is C17H25BrF2O. The van der Waals surface area contributed by atoms with E-state index in [2.05, 4.69) is 48.8 Å². The van der Waals surface area contributed by atoms with Gasteiger partial charge in [0.05, 0.1) is 0 Å². The Morgan fingerprint density at radius 1 is 1.05 bits per heavy atom. The summed E-state index contributed by atoms with van der Waals surface area (Å²) in [6, 6.07) is 4.53. The number of benzene rings is 1. The summed E-state index contributed by atoms with van der Waals surface area (Å²) in [5, 5.41) is 0. The number of ether oxygens (including phenoxy) is 1. The van der Waals surface area contributed by atoms with E-state index in [0.29, 0.717) is 13.0 Å². The van der Waals surface area contributed by atoms with E-state index in [0.717, 1.165) is 19.3 Å². The number of rotatable bonds is 9. The average Bonchev–Trinajstić information content (AvgIpc) is 2.49. The molecule has 1 atom stereocenters. The van der Waals surface area contributed by atoms with Crippen LogP contribution in [0.3, 0.4) is 0 Å². The number of hydrogen-bond donors (Lipinski definition) is 0. The molecule has 0 bridgehead atoms. The standard InChI is InChI=1S/C17H25BrF2O/c1-4-12-9-13(5-2)17(14(6-3)10-12)15(18)7-8-21-11-16(19)20/h9-10,15-16H,4-8,11H2,1-3H3. The lowest BCUT2D eigenvalue weighted by Crippen LogP contribution is -2.09. The Kier molecular flexibility index (Phi) is 8.42. The summed E-state index contributed by atoms with van der Waals surface area (Å²) in [4.78, 5) is 0.158. The van der Waals surface area contributed by atoms with Crippen molar-refractivity contribution in [1.29, 1.82) is 0 Å². The fraction of sp³-hybridized carbons (Fsp3) is 0.647. The van der Waals surface area contributed by atoms with Crippen LogP contribution < -0.4 is 0 Å². The summed E-state index contributed by atoms with van der Waals surface area (Å²) in [6.07, 6.45) is 1.31. The molecule has 0 aromatic heterocycles. The first-order valence-electron chi connectivity index (χ1n) is 7.67. The van der Waals surface area contributed by atoms with Crippen molar-refractivity contribution < 1.29 is 13.5 Å². The van der Waals surface area contributed by atoms with Gasteiger partial charge in [-0.15, -0.1) is 0 Å². The third kappa shape index (κ3) is 5.67. The molecule has 0 heterocycles. The van der Waals surface area contributed by atoms with E-state index >= 15 is 0 Å². The van der Waals surface area contributed by atoms with Crippen molar-refractivity contribution in [2.75, 3.05) is 13.2 Å². The van der Waals surface area contributed by atoms with Gasteiger partial charge in [-0.25, -0.2) is 8.78 Å². The maximum atomic E-state index is 12.1. The summed E-state index contributed by atoms with van der Waals surface area (Å²) < 4.78 is 29.1. The van der Waals surface area contributed by atoms with Crippen molar-refractivity contribution >= 4 is 15.9 Å². The molecule has 4 heteroatoms. The van der Waals surface area contributed by atoms with Gasteiger partial charge in [-0.05, 0) is 47.9 Å². The van der Waals surface area contributed by atoms with Crippen LogP contribution in [0.25, 0.3) is 0 Å². The third-order valence-corrected chi connectivity index (χ3v) is 4.57. The zero-order valence-electron chi connectivity index (χ0n) is 13.1. The number of hydrogen-bond acceptors (Lipinski definition) is 1. The van der Waals surface area contributed by atoms with Crippen LogP contribution in [0.1, 0.15) is 54.3 Å². The molecule has 1 nitrogen and oxygen atoms in total. The van der Waals surface area contributed by atoms with Crippen molar-refractivity contribution in [2.24, 2.45) is 0 Å². The lowest BCUT2D eigenvalue weighted by molar-refractivity contribution is 0.0167. The van der Waals surface area contributed by atoms with E-state index < -0.39 is 13.0 Å². The summed E-state index contributed by atoms with van der Waals surface area (Å²) >= 11 is 3.72. The van der Waals surface area contributed by atoms with Crippen LogP contribution in [0.15, 0.2) is 12.1 Å². The fourth-order valence-electron chi connectivity index (χ4n) is 2.55. The molecule has 1 unspecified atom stereocenters. The second-order valence-electron chi connectivity index (χ2n) is 5.11. The maximum Gasteiger partial charge on any atom is 0.261 e. The van der Waals surface area contributed by atoms with Gasteiger partial charge in [0.15, 0.2) is 0 Å². The Balaban J connectivity index is 2.83. The Bertz CT molecular complexity index is 410. The highest BCUT2D eigenvalue weighted by molar-refractivity contribution is 9.09. The Labute approximate surface area is 135 Å². The second kappa shape index (κ2) is 9.52. The SMILES string of the molecule is CCc1cc(CC)c(C(Br)CCOCC(F)F)c(CC)c1. The molecular weight excluding hydrogens is 338 g/mol. The quantitative estimate of drug-likeness (QED) is 0.417. The van der Waals surface area contributed by atoms with E-state index in [4.69, 9.17) is 4.74 Å². The van der Waals surface area contributed by atoms with Crippen LogP contribution in [-0.2, 0) is 24.0 Å². The van der Waals surface area contributed by atoms with Crippen molar-refractivity contribution in [3.05, 3.63) is 34.4 Å². The van der Waals surface area contributed by atoms with Crippen LogP contribution in [0.5, 0.6) is 0 Å². The maximum absolute atomic E-state index is 12.1. The van der Waals surface area contributed by atoms with Crippen molar-refractivity contribution in [1.82, 2.24) is 0 Å². The number of halogens is 3. The number of alkyl halides is 3. The van der Waals surface area contributed by atoms with Crippen LogP contribution in [0, 0.1) is 0 Å². The summed E-state index contributed by atoms with van der Waals surface area (Å²) in [5.41, 5.74) is 5.38. The summed E-state index contributed by atoms with van der Waals surface area (Å²) in [6.45, 7) is 6.35. The molecule has 0 amide bonds. The van der Waals surface area contributed by atoms with Crippen molar-refractivity contribution in [3.63, 3.8) is 0 Å². The normalized spacial score (nSPS) is 12.9. The van der Waals surface area contributed by atoms with Gasteiger partial charge in [-0.3, -0.25) is 0 Å². The van der Waals surface area contributed by atoms with Gasteiger partial charge in [-0.2, -0.15) is 0 Å². The van der Waals surface area contributed by atoms with Gasteiger partial charge in [-0.1, -0.05) is 48.8 Å². The van der Waals surface area contributed by atoms with E-state index in [1.54, 1.807) is 0 Å². The molecule has 0 radical (unpaired) electrons. The molecule has 1 rings (SSSR count). The van der Waals surface area contributed by atoms with Crippen molar-refractivity contribution in [2.45, 2.75) is 57.7 Å². The second-order valence-corrected chi connectivity index (χ2v) is 6.22. The molecule has 0 saturated heterocycles. The molecule has 1 aromatic rings. The minimum absolute atomic E-state index is 0.158. The summed E-state index contributed by atoms with van der Waals surface area (Å²) in [5.74, 6) is 0. The molecule has 0 fully saturated rings. The van der Waals surface area contributed by atoms with E-state index in [-0.39, 0.29) is 4.83 Å². The van der Waals surface area contributed by atoms with Gasteiger partial charge in [0.25, 0.3) is 6.43 Å². The van der Waals surface area contributed by atoms with Gasteiger partial charge in [0.1, 0.15) is 6.61 Å². The van der Waals surface area contributed by atoms with Gasteiger partial charge in [0, 0.05) is 11.4 Å². The topological polar surface area (TPSA) is 9.23 Å². The monoisotopic (exact) mass is 362 g/mol. The molecule has 0 aliphatic carbocycles. The first kappa shape index (κ1) is 18.6. The summed E-state index contributed by atoms with van der Waals surface area (Å²) in [7, 11) is 0. The molecule has 0 saturated carbocycles.